The van der Waals surface area contributed by atoms with Crippen molar-refractivity contribution in [3.8, 4) is 11.5 Å². The number of carbonyl (C=O) groups is 2. The van der Waals surface area contributed by atoms with Crippen LogP contribution in [0.25, 0.3) is 0 Å². The van der Waals surface area contributed by atoms with Gasteiger partial charge in [-0.05, 0) is 63.0 Å². The van der Waals surface area contributed by atoms with E-state index in [9.17, 15) is 14.7 Å². The fourth-order valence-corrected chi connectivity index (χ4v) is 5.45. The van der Waals surface area contributed by atoms with Crippen molar-refractivity contribution in [2.45, 2.75) is 58.4 Å². The van der Waals surface area contributed by atoms with E-state index in [2.05, 4.69) is 29.8 Å². The van der Waals surface area contributed by atoms with Gasteiger partial charge in [0.1, 0.15) is 11.4 Å². The van der Waals surface area contributed by atoms with Crippen LogP contribution in [0.15, 0.2) is 24.3 Å². The molecule has 0 saturated carbocycles. The summed E-state index contributed by atoms with van der Waals surface area (Å²) in [5.74, 6) is 0.429. The molecule has 0 saturated heterocycles. The smallest absolute Gasteiger partial charge is 0.262 e. The zero-order chi connectivity index (χ0) is 26.6. The first-order chi connectivity index (χ1) is 17.9. The number of fused-ring (bicyclic) bond motifs is 1. The number of aromatic hydroxyl groups is 1. The van der Waals surface area contributed by atoms with Crippen LogP contribution in [0.3, 0.4) is 0 Å². The van der Waals surface area contributed by atoms with Crippen LogP contribution in [0.2, 0.25) is 4.34 Å². The second-order valence-electron chi connectivity index (χ2n) is 9.32. The molecule has 1 atom stereocenters. The minimum Gasteiger partial charge on any atom is -0.506 e. The molecule has 2 aromatic rings. The van der Waals surface area contributed by atoms with E-state index in [0.717, 1.165) is 42.1 Å². The lowest BCUT2D eigenvalue weighted by atomic mass is 10.1. The summed E-state index contributed by atoms with van der Waals surface area (Å²) in [6, 6.07) is 7.55. The molecule has 1 aliphatic rings. The van der Waals surface area contributed by atoms with Gasteiger partial charge in [-0.15, -0.1) is 11.3 Å². The van der Waals surface area contributed by atoms with Crippen LogP contribution in [0, 0.1) is 0 Å². The molecule has 0 fully saturated rings. The number of unbranched alkanes of at least 4 members (excludes halogenated alkanes) is 1. The van der Waals surface area contributed by atoms with Crippen LogP contribution in [-0.2, 0) is 22.4 Å². The Morgan fingerprint density at radius 2 is 1.97 bits per heavy atom. The molecule has 4 N–H and O–H groups in total. The van der Waals surface area contributed by atoms with Crippen LogP contribution in [-0.4, -0.2) is 67.2 Å². The number of ether oxygens (including phenoxy) is 1. The first kappa shape index (κ1) is 29.2. The average Bonchev–Trinajstić information content (AvgIpc) is 3.30. The molecule has 2 heterocycles. The molecule has 10 heteroatoms. The van der Waals surface area contributed by atoms with Gasteiger partial charge in [-0.1, -0.05) is 37.4 Å². The van der Waals surface area contributed by atoms with Crippen molar-refractivity contribution in [3.05, 3.63) is 39.0 Å². The van der Waals surface area contributed by atoms with Crippen LogP contribution in [0.1, 0.15) is 50.0 Å². The van der Waals surface area contributed by atoms with Gasteiger partial charge < -0.3 is 30.7 Å². The van der Waals surface area contributed by atoms with Crippen molar-refractivity contribution in [2.75, 3.05) is 44.6 Å². The van der Waals surface area contributed by atoms with Gasteiger partial charge in [-0.3, -0.25) is 9.59 Å². The molecule has 1 aromatic heterocycles. The third-order valence-electron chi connectivity index (χ3n) is 6.45. The lowest BCUT2D eigenvalue weighted by Crippen LogP contribution is -2.43. The van der Waals surface area contributed by atoms with E-state index in [-0.39, 0.29) is 30.2 Å². The largest absolute Gasteiger partial charge is 0.506 e. The zero-order valence-corrected chi connectivity index (χ0v) is 23.3. The Balaban J connectivity index is 1.42. The van der Waals surface area contributed by atoms with Crippen LogP contribution in [0.5, 0.6) is 11.5 Å². The Morgan fingerprint density at radius 3 is 2.73 bits per heavy atom. The van der Waals surface area contributed by atoms with Crippen LogP contribution in [0.4, 0.5) is 5.69 Å². The lowest BCUT2D eigenvalue weighted by Gasteiger charge is -2.30. The standard InChI is InChI=1S/C27H39ClN4O4S/c1-3-4-5-19(2)32(25(35)12-15-29-14-11-21-7-9-23(28)37-21)17-16-30-13-10-20-6-8-22(33)26-27(20)36-18-24(34)31-26/h6-9,19,29-30,33H,3-5,10-18H2,1-2H3,(H,31,34)/t19-/m1/s1. The van der Waals surface area contributed by atoms with Crippen LogP contribution >= 0.6 is 22.9 Å². The highest BCUT2D eigenvalue weighted by molar-refractivity contribution is 7.16. The molecular weight excluding hydrogens is 512 g/mol. The van der Waals surface area contributed by atoms with Crippen molar-refractivity contribution in [2.24, 2.45) is 0 Å². The molecule has 0 bridgehead atoms. The first-order valence-electron chi connectivity index (χ1n) is 13.1. The number of nitrogens with one attached hydrogen (secondary N) is 3. The second kappa shape index (κ2) is 15.2. The summed E-state index contributed by atoms with van der Waals surface area (Å²) in [4.78, 5) is 27.9. The summed E-state index contributed by atoms with van der Waals surface area (Å²) in [6.45, 7) is 7.76. The number of hydrogen-bond acceptors (Lipinski definition) is 7. The quantitative estimate of drug-likeness (QED) is 0.184. The van der Waals surface area contributed by atoms with Crippen LogP contribution < -0.4 is 20.7 Å². The van der Waals surface area contributed by atoms with E-state index < -0.39 is 0 Å². The number of halogens is 1. The molecule has 8 nitrogen and oxygen atoms in total. The predicted molar refractivity (Wildman–Crippen MR) is 150 cm³/mol. The summed E-state index contributed by atoms with van der Waals surface area (Å²) >= 11 is 7.58. The summed E-state index contributed by atoms with van der Waals surface area (Å²) in [7, 11) is 0. The number of anilines is 1. The highest BCUT2D eigenvalue weighted by atomic mass is 35.5. The molecule has 0 unspecified atom stereocenters. The van der Waals surface area contributed by atoms with Gasteiger partial charge in [0.25, 0.3) is 5.91 Å². The van der Waals surface area contributed by atoms with Gasteiger partial charge in [-0.25, -0.2) is 0 Å². The highest BCUT2D eigenvalue weighted by Crippen LogP contribution is 2.39. The summed E-state index contributed by atoms with van der Waals surface area (Å²) in [5.41, 5.74) is 1.25. The number of phenols is 1. The first-order valence-corrected chi connectivity index (χ1v) is 14.3. The maximum absolute atomic E-state index is 13.1. The van der Waals surface area contributed by atoms with Gasteiger partial charge in [0, 0.05) is 37.0 Å². The Bertz CT molecular complexity index is 1030. The molecule has 0 spiro atoms. The summed E-state index contributed by atoms with van der Waals surface area (Å²) in [6.07, 6.45) is 5.27. The Morgan fingerprint density at radius 1 is 1.19 bits per heavy atom. The van der Waals surface area contributed by atoms with Crippen molar-refractivity contribution in [1.82, 2.24) is 15.5 Å². The van der Waals surface area contributed by atoms with Gasteiger partial charge in [0.15, 0.2) is 12.4 Å². The molecular formula is C27H39ClN4O4S. The van der Waals surface area contributed by atoms with E-state index in [0.29, 0.717) is 50.5 Å². The molecule has 3 rings (SSSR count). The van der Waals surface area contributed by atoms with Crippen molar-refractivity contribution < 1.29 is 19.4 Å². The normalized spacial score (nSPS) is 13.5. The topological polar surface area (TPSA) is 103 Å². The highest BCUT2D eigenvalue weighted by Gasteiger charge is 2.22. The molecule has 2 amide bonds. The van der Waals surface area contributed by atoms with Crippen molar-refractivity contribution in [1.29, 1.82) is 0 Å². The summed E-state index contributed by atoms with van der Waals surface area (Å²) in [5, 5.41) is 19.5. The number of benzene rings is 1. The van der Waals surface area contributed by atoms with E-state index in [1.54, 1.807) is 17.4 Å². The minimum absolute atomic E-state index is 0.000360. The Kier molecular flexibility index (Phi) is 12.0. The maximum atomic E-state index is 13.1. The zero-order valence-electron chi connectivity index (χ0n) is 21.8. The molecule has 0 aliphatic carbocycles. The fraction of sp³-hybridized carbons (Fsp3) is 0.556. The molecule has 37 heavy (non-hydrogen) atoms. The van der Waals surface area contributed by atoms with Gasteiger partial charge in [0.2, 0.25) is 5.91 Å². The number of amides is 2. The SMILES string of the molecule is CCCC[C@@H](C)N(CCNCCc1ccc(O)c2c1OCC(=O)N2)C(=O)CCNCCc1ccc(Cl)s1. The molecule has 1 aliphatic heterocycles. The maximum Gasteiger partial charge on any atom is 0.262 e. The molecule has 0 radical (unpaired) electrons. The second-order valence-corrected chi connectivity index (χ2v) is 11.1. The number of hydrogen-bond donors (Lipinski definition) is 4. The number of rotatable bonds is 16. The average molecular weight is 551 g/mol. The van der Waals surface area contributed by atoms with Gasteiger partial charge >= 0.3 is 0 Å². The Labute approximate surface area is 228 Å². The van der Waals surface area contributed by atoms with E-state index in [4.69, 9.17) is 16.3 Å². The summed E-state index contributed by atoms with van der Waals surface area (Å²) < 4.78 is 6.37. The van der Waals surface area contributed by atoms with Gasteiger partial charge in [-0.2, -0.15) is 0 Å². The van der Waals surface area contributed by atoms with E-state index in [1.807, 2.05) is 23.1 Å². The number of nitrogens with zero attached hydrogens (tertiary/aromatic N) is 1. The third kappa shape index (κ3) is 9.17. The lowest BCUT2D eigenvalue weighted by molar-refractivity contribution is -0.133. The monoisotopic (exact) mass is 550 g/mol. The molecule has 204 valence electrons. The van der Waals surface area contributed by atoms with Crippen molar-refractivity contribution in [3.63, 3.8) is 0 Å². The third-order valence-corrected chi connectivity index (χ3v) is 7.74. The fourth-order valence-electron chi connectivity index (χ4n) is 4.37. The predicted octanol–water partition coefficient (Wildman–Crippen LogP) is 4.20. The van der Waals surface area contributed by atoms with Gasteiger partial charge in [0.05, 0.1) is 4.34 Å². The number of phenolic OH excluding ortho intramolecular Hbond substituents is 1. The number of thiophene rings is 1. The number of carbonyl (C=O) groups excluding carboxylic acids is 2. The molecule has 1 aromatic carbocycles. The van der Waals surface area contributed by atoms with Crippen molar-refractivity contribution >= 4 is 40.4 Å². The van der Waals surface area contributed by atoms with E-state index >= 15 is 0 Å². The minimum atomic E-state index is -0.275. The van der Waals surface area contributed by atoms with E-state index in [1.165, 1.54) is 4.88 Å². The Hall–Kier alpha value is -2.33.